The number of nitrogens with zero attached hydrogens (tertiary/aromatic N) is 1. The van der Waals surface area contributed by atoms with Crippen LogP contribution in [0.2, 0.25) is 0 Å². The minimum Gasteiger partial charge on any atom is -0.491 e. The van der Waals surface area contributed by atoms with Gasteiger partial charge in [0.2, 0.25) is 0 Å². The van der Waals surface area contributed by atoms with Crippen molar-refractivity contribution >= 4 is 41.3 Å². The lowest BCUT2D eigenvalue weighted by Gasteiger charge is -2.13. The van der Waals surface area contributed by atoms with E-state index in [4.69, 9.17) is 4.74 Å². The lowest BCUT2D eigenvalue weighted by atomic mass is 10.2. The van der Waals surface area contributed by atoms with Gasteiger partial charge in [-0.05, 0) is 53.9 Å². The predicted molar refractivity (Wildman–Crippen MR) is 109 cm³/mol. The molecule has 0 spiro atoms. The van der Waals surface area contributed by atoms with Crippen molar-refractivity contribution in [3.63, 3.8) is 0 Å². The van der Waals surface area contributed by atoms with Crippen LogP contribution >= 0.6 is 35.3 Å². The van der Waals surface area contributed by atoms with E-state index >= 15 is 0 Å². The minimum atomic E-state index is 0. The van der Waals surface area contributed by atoms with Crippen molar-refractivity contribution in [2.24, 2.45) is 4.99 Å². The molecule has 4 nitrogen and oxygen atoms in total. The Morgan fingerprint density at radius 2 is 1.91 bits per heavy atom. The van der Waals surface area contributed by atoms with Crippen LogP contribution < -0.4 is 15.4 Å². The fraction of sp³-hybridized carbons (Fsp3) is 0.353. The third-order valence-corrected chi connectivity index (χ3v) is 3.73. The zero-order valence-corrected chi connectivity index (χ0v) is 16.9. The maximum atomic E-state index is 5.71. The third kappa shape index (κ3) is 7.22. The summed E-state index contributed by atoms with van der Waals surface area (Å²) in [5.41, 5.74) is 2.43. The number of aliphatic imine (C=N–C) groups is 1. The van der Waals surface area contributed by atoms with Gasteiger partial charge < -0.3 is 15.4 Å². The quantitative estimate of drug-likeness (QED) is 0.401. The van der Waals surface area contributed by atoms with Crippen molar-refractivity contribution in [3.8, 4) is 5.75 Å². The van der Waals surface area contributed by atoms with E-state index in [2.05, 4.69) is 44.6 Å². The first-order chi connectivity index (χ1) is 10.7. The number of nitrogens with one attached hydrogen (secondary N) is 2. The Morgan fingerprint density at radius 1 is 1.17 bits per heavy atom. The number of halogens is 1. The van der Waals surface area contributed by atoms with Crippen LogP contribution in [0.15, 0.2) is 46.1 Å². The van der Waals surface area contributed by atoms with Gasteiger partial charge in [0, 0.05) is 20.1 Å². The molecule has 0 aliphatic heterocycles. The fourth-order valence-corrected chi connectivity index (χ4v) is 2.65. The average Bonchev–Trinajstić information content (AvgIpc) is 3.00. The number of ether oxygens (including phenoxy) is 1. The van der Waals surface area contributed by atoms with E-state index in [9.17, 15) is 0 Å². The largest absolute Gasteiger partial charge is 0.491 e. The highest BCUT2D eigenvalue weighted by molar-refractivity contribution is 14.0. The summed E-state index contributed by atoms with van der Waals surface area (Å²) >= 11 is 1.70. The van der Waals surface area contributed by atoms with Crippen molar-refractivity contribution < 1.29 is 4.74 Å². The molecule has 23 heavy (non-hydrogen) atoms. The Morgan fingerprint density at radius 3 is 2.52 bits per heavy atom. The molecule has 0 unspecified atom stereocenters. The summed E-state index contributed by atoms with van der Waals surface area (Å²) in [6, 6.07) is 10.2. The van der Waals surface area contributed by atoms with Crippen molar-refractivity contribution in [2.75, 3.05) is 7.05 Å². The normalized spacial score (nSPS) is 11.0. The molecule has 0 aliphatic carbocycles. The first kappa shape index (κ1) is 19.8. The number of hydrogen-bond acceptors (Lipinski definition) is 3. The average molecular weight is 445 g/mol. The summed E-state index contributed by atoms with van der Waals surface area (Å²) < 4.78 is 5.71. The van der Waals surface area contributed by atoms with Crippen LogP contribution in [0.3, 0.4) is 0 Å². The predicted octanol–water partition coefficient (Wildman–Crippen LogP) is 4.02. The van der Waals surface area contributed by atoms with Crippen LogP contribution in [-0.2, 0) is 13.1 Å². The molecule has 0 amide bonds. The SMILES string of the molecule is CN=C(NCc1ccsc1)NCc1cccc(OC(C)C)c1.I. The molecule has 0 bridgehead atoms. The first-order valence-electron chi connectivity index (χ1n) is 7.38. The second kappa shape index (κ2) is 10.5. The van der Waals surface area contributed by atoms with Gasteiger partial charge in [-0.2, -0.15) is 11.3 Å². The van der Waals surface area contributed by atoms with Gasteiger partial charge in [-0.15, -0.1) is 24.0 Å². The lowest BCUT2D eigenvalue weighted by Crippen LogP contribution is -2.36. The van der Waals surface area contributed by atoms with E-state index in [1.807, 2.05) is 26.0 Å². The summed E-state index contributed by atoms with van der Waals surface area (Å²) in [6.07, 6.45) is 0.184. The van der Waals surface area contributed by atoms with E-state index in [1.54, 1.807) is 18.4 Å². The summed E-state index contributed by atoms with van der Waals surface area (Å²) in [4.78, 5) is 4.24. The second-order valence-corrected chi connectivity index (χ2v) is 6.00. The van der Waals surface area contributed by atoms with Crippen molar-refractivity contribution in [2.45, 2.75) is 33.0 Å². The van der Waals surface area contributed by atoms with Crippen LogP contribution in [0.4, 0.5) is 0 Å². The molecular weight excluding hydrogens is 421 g/mol. The fourth-order valence-electron chi connectivity index (χ4n) is 1.99. The van der Waals surface area contributed by atoms with Crippen LogP contribution in [-0.4, -0.2) is 19.1 Å². The summed E-state index contributed by atoms with van der Waals surface area (Å²) in [5, 5.41) is 10.8. The molecule has 1 aromatic heterocycles. The molecule has 126 valence electrons. The van der Waals surface area contributed by atoms with E-state index in [0.29, 0.717) is 6.54 Å². The van der Waals surface area contributed by atoms with Crippen LogP contribution in [0.25, 0.3) is 0 Å². The zero-order valence-electron chi connectivity index (χ0n) is 13.7. The van der Waals surface area contributed by atoms with Crippen molar-refractivity contribution in [1.82, 2.24) is 10.6 Å². The highest BCUT2D eigenvalue weighted by Gasteiger charge is 2.02. The Bertz CT molecular complexity index is 600. The maximum Gasteiger partial charge on any atom is 0.191 e. The number of guanidine groups is 1. The van der Waals surface area contributed by atoms with Gasteiger partial charge in [-0.3, -0.25) is 4.99 Å². The Labute approximate surface area is 159 Å². The Kier molecular flexibility index (Phi) is 9.01. The third-order valence-electron chi connectivity index (χ3n) is 2.99. The highest BCUT2D eigenvalue weighted by Crippen LogP contribution is 2.14. The smallest absolute Gasteiger partial charge is 0.191 e. The number of hydrogen-bond donors (Lipinski definition) is 2. The van der Waals surface area contributed by atoms with Gasteiger partial charge in [0.15, 0.2) is 5.96 Å². The molecule has 2 aromatic rings. The van der Waals surface area contributed by atoms with E-state index in [-0.39, 0.29) is 30.1 Å². The molecule has 1 heterocycles. The Hall–Kier alpha value is -1.28. The summed E-state index contributed by atoms with van der Waals surface area (Å²) in [5.74, 6) is 1.69. The highest BCUT2D eigenvalue weighted by atomic mass is 127. The zero-order chi connectivity index (χ0) is 15.8. The second-order valence-electron chi connectivity index (χ2n) is 5.22. The molecule has 2 rings (SSSR count). The molecule has 0 saturated heterocycles. The molecule has 0 atom stereocenters. The van der Waals surface area contributed by atoms with Gasteiger partial charge in [-0.1, -0.05) is 12.1 Å². The molecule has 0 radical (unpaired) electrons. The standard InChI is InChI=1S/C17H23N3OS.HI/c1-13(2)21-16-6-4-5-14(9-16)10-19-17(18-3)20-11-15-7-8-22-12-15;/h4-9,12-13H,10-11H2,1-3H3,(H2,18,19,20);1H. The molecule has 2 N–H and O–H groups in total. The van der Waals surface area contributed by atoms with E-state index < -0.39 is 0 Å². The van der Waals surface area contributed by atoms with Crippen LogP contribution in [0, 0.1) is 0 Å². The molecule has 0 fully saturated rings. The summed E-state index contributed by atoms with van der Waals surface area (Å²) in [7, 11) is 1.78. The number of rotatable bonds is 6. The summed E-state index contributed by atoms with van der Waals surface area (Å²) in [6.45, 7) is 5.54. The topological polar surface area (TPSA) is 45.7 Å². The number of thiophene rings is 1. The van der Waals surface area contributed by atoms with Gasteiger partial charge in [0.05, 0.1) is 6.10 Å². The van der Waals surface area contributed by atoms with Crippen LogP contribution in [0.1, 0.15) is 25.0 Å². The molecule has 1 aromatic carbocycles. The maximum absolute atomic E-state index is 5.71. The molecular formula is C17H24IN3OS. The van der Waals surface area contributed by atoms with Crippen LogP contribution in [0.5, 0.6) is 5.75 Å². The van der Waals surface area contributed by atoms with Gasteiger partial charge >= 0.3 is 0 Å². The first-order valence-corrected chi connectivity index (χ1v) is 8.33. The van der Waals surface area contributed by atoms with E-state index in [0.717, 1.165) is 23.8 Å². The minimum absolute atomic E-state index is 0. The van der Waals surface area contributed by atoms with Crippen molar-refractivity contribution in [1.29, 1.82) is 0 Å². The van der Waals surface area contributed by atoms with Gasteiger partial charge in [0.1, 0.15) is 5.75 Å². The molecule has 0 saturated carbocycles. The van der Waals surface area contributed by atoms with Gasteiger partial charge in [0.25, 0.3) is 0 Å². The van der Waals surface area contributed by atoms with Crippen molar-refractivity contribution in [3.05, 3.63) is 52.2 Å². The Balaban J connectivity index is 0.00000264. The van der Waals surface area contributed by atoms with E-state index in [1.165, 1.54) is 5.56 Å². The molecule has 0 aliphatic rings. The lowest BCUT2D eigenvalue weighted by molar-refractivity contribution is 0.242. The number of benzene rings is 1. The molecule has 6 heteroatoms. The van der Waals surface area contributed by atoms with Gasteiger partial charge in [-0.25, -0.2) is 0 Å². The monoisotopic (exact) mass is 445 g/mol.